The Morgan fingerprint density at radius 1 is 1.27 bits per heavy atom. The van der Waals surface area contributed by atoms with Gasteiger partial charge >= 0.3 is 0 Å². The van der Waals surface area contributed by atoms with Crippen LogP contribution in [-0.2, 0) is 4.74 Å². The van der Waals surface area contributed by atoms with Crippen LogP contribution in [-0.4, -0.2) is 34.5 Å². The number of nitrogens with zero attached hydrogens (tertiary/aromatic N) is 2. The van der Waals surface area contributed by atoms with Gasteiger partial charge in [0.25, 0.3) is 0 Å². The Kier molecular flexibility index (Phi) is 7.02. The maximum absolute atomic E-state index is 14.2. The van der Waals surface area contributed by atoms with Gasteiger partial charge in [-0.15, -0.1) is 0 Å². The van der Waals surface area contributed by atoms with E-state index >= 15 is 0 Å². The molecule has 0 bridgehead atoms. The number of nitrogen functional groups attached to an aromatic ring is 1. The molecule has 7 heteroatoms. The van der Waals surface area contributed by atoms with E-state index in [9.17, 15) is 4.39 Å². The maximum atomic E-state index is 14.2. The number of hydrogen-bond acceptors (Lipinski definition) is 6. The minimum absolute atomic E-state index is 0.0778. The van der Waals surface area contributed by atoms with Gasteiger partial charge in [0.1, 0.15) is 6.33 Å². The zero-order chi connectivity index (χ0) is 21.8. The number of aromatic nitrogens is 2. The number of rotatable bonds is 6. The zero-order valence-corrected chi connectivity index (χ0v) is 18.1. The summed E-state index contributed by atoms with van der Waals surface area (Å²) in [6.45, 7) is 8.71. The molecule has 1 aliphatic heterocycles. The predicted octanol–water partition coefficient (Wildman–Crippen LogP) is 4.71. The fourth-order valence-corrected chi connectivity index (χ4v) is 3.96. The van der Waals surface area contributed by atoms with Crippen molar-refractivity contribution >= 4 is 11.4 Å². The molecule has 3 atom stereocenters. The Labute approximate surface area is 177 Å². The van der Waals surface area contributed by atoms with Gasteiger partial charge in [0.15, 0.2) is 11.6 Å². The van der Waals surface area contributed by atoms with E-state index in [4.69, 9.17) is 20.6 Å². The van der Waals surface area contributed by atoms with Crippen LogP contribution in [0.3, 0.4) is 0 Å². The van der Waals surface area contributed by atoms with Crippen molar-refractivity contribution in [1.82, 2.24) is 9.97 Å². The van der Waals surface area contributed by atoms with E-state index in [1.165, 1.54) is 18.5 Å². The van der Waals surface area contributed by atoms with E-state index in [0.29, 0.717) is 17.2 Å². The normalized spacial score (nSPS) is 20.6. The van der Waals surface area contributed by atoms with Crippen LogP contribution in [0.1, 0.15) is 69.8 Å². The Hall–Kier alpha value is -2.54. The number of halogens is 1. The number of anilines is 1. The van der Waals surface area contributed by atoms with E-state index in [1.807, 2.05) is 19.9 Å². The summed E-state index contributed by atoms with van der Waals surface area (Å²) in [5, 5.41) is 8.64. The maximum Gasteiger partial charge on any atom is 0.167 e. The number of benzene rings is 1. The van der Waals surface area contributed by atoms with Crippen LogP contribution in [0.15, 0.2) is 24.5 Å². The summed E-state index contributed by atoms with van der Waals surface area (Å²) < 4.78 is 25.5. The van der Waals surface area contributed by atoms with Crippen LogP contribution in [0.4, 0.5) is 10.1 Å². The van der Waals surface area contributed by atoms with Crippen molar-refractivity contribution in [1.29, 1.82) is 5.41 Å². The van der Waals surface area contributed by atoms with Crippen molar-refractivity contribution in [2.45, 2.75) is 65.1 Å². The molecule has 3 unspecified atom stereocenters. The average Bonchev–Trinajstić information content (AvgIpc) is 2.93. The first-order chi connectivity index (χ1) is 14.3. The minimum Gasteiger partial charge on any atom is -0.488 e. The lowest BCUT2D eigenvalue weighted by atomic mass is 9.83. The van der Waals surface area contributed by atoms with Gasteiger partial charge in [-0.2, -0.15) is 0 Å². The second-order valence-corrected chi connectivity index (χ2v) is 8.35. The second-order valence-electron chi connectivity index (χ2n) is 8.35. The lowest BCUT2D eigenvalue weighted by Crippen LogP contribution is -2.17. The molecule has 30 heavy (non-hydrogen) atoms. The van der Waals surface area contributed by atoms with Crippen molar-refractivity contribution < 1.29 is 13.9 Å². The molecule has 3 N–H and O–H groups in total. The molecular weight excluding hydrogens is 383 g/mol. The van der Waals surface area contributed by atoms with E-state index < -0.39 is 5.82 Å². The molecule has 0 radical (unpaired) electrons. The lowest BCUT2D eigenvalue weighted by molar-refractivity contribution is 0.0665. The molecule has 2 heterocycles. The second kappa shape index (κ2) is 9.51. The third-order valence-electron chi connectivity index (χ3n) is 5.61. The molecule has 3 rings (SSSR count). The smallest absolute Gasteiger partial charge is 0.167 e. The molecule has 2 aromatic rings. The summed E-state index contributed by atoms with van der Waals surface area (Å²) >= 11 is 0. The van der Waals surface area contributed by atoms with Gasteiger partial charge in [0, 0.05) is 35.5 Å². The largest absolute Gasteiger partial charge is 0.488 e. The average molecular weight is 415 g/mol. The van der Waals surface area contributed by atoms with Crippen LogP contribution >= 0.6 is 0 Å². The molecule has 6 nitrogen and oxygen atoms in total. The molecular formula is C23H31FN4O2. The Morgan fingerprint density at radius 2 is 2.03 bits per heavy atom. The van der Waals surface area contributed by atoms with Crippen molar-refractivity contribution in [3.05, 3.63) is 47.3 Å². The van der Waals surface area contributed by atoms with Crippen LogP contribution in [0.2, 0.25) is 0 Å². The highest BCUT2D eigenvalue weighted by molar-refractivity contribution is 6.12. The number of ether oxygens (including phenoxy) is 2. The first-order valence-electron chi connectivity index (χ1n) is 10.5. The van der Waals surface area contributed by atoms with Gasteiger partial charge in [-0.25, -0.2) is 14.4 Å². The van der Waals surface area contributed by atoms with Gasteiger partial charge in [-0.1, -0.05) is 6.92 Å². The summed E-state index contributed by atoms with van der Waals surface area (Å²) in [4.78, 5) is 8.76. The first-order valence-corrected chi connectivity index (χ1v) is 10.5. The fourth-order valence-electron chi connectivity index (χ4n) is 3.96. The van der Waals surface area contributed by atoms with Gasteiger partial charge < -0.3 is 15.2 Å². The van der Waals surface area contributed by atoms with E-state index in [-0.39, 0.29) is 35.3 Å². The summed E-state index contributed by atoms with van der Waals surface area (Å²) in [5.74, 6) is 0.212. The van der Waals surface area contributed by atoms with Crippen molar-refractivity contribution in [2.75, 3.05) is 12.3 Å². The fraction of sp³-hybridized carbons (Fsp3) is 0.522. The molecule has 0 amide bonds. The van der Waals surface area contributed by atoms with Crippen LogP contribution < -0.4 is 10.5 Å². The SMILES string of the molecule is CC(C)Oc1cc(C(=N)c2cc(C(C)C3CCCOC(C)C3)ncn2)c(N)cc1F. The summed E-state index contributed by atoms with van der Waals surface area (Å²) in [6.07, 6.45) is 4.64. The molecule has 162 valence electrons. The minimum atomic E-state index is -0.542. The van der Waals surface area contributed by atoms with E-state index in [2.05, 4.69) is 23.8 Å². The molecule has 1 saturated heterocycles. The van der Waals surface area contributed by atoms with Crippen molar-refractivity contribution in [2.24, 2.45) is 5.92 Å². The van der Waals surface area contributed by atoms with Crippen LogP contribution in [0.5, 0.6) is 5.75 Å². The molecule has 1 aliphatic rings. The zero-order valence-electron chi connectivity index (χ0n) is 18.1. The lowest BCUT2D eigenvalue weighted by Gasteiger charge is -2.23. The van der Waals surface area contributed by atoms with Crippen molar-refractivity contribution in [3.63, 3.8) is 0 Å². The molecule has 0 spiro atoms. The number of nitrogens with one attached hydrogen (secondary N) is 1. The molecule has 0 aliphatic carbocycles. The first kappa shape index (κ1) is 22.2. The van der Waals surface area contributed by atoms with Crippen LogP contribution in [0.25, 0.3) is 0 Å². The van der Waals surface area contributed by atoms with E-state index in [1.54, 1.807) is 0 Å². The Bertz CT molecular complexity index is 903. The summed E-state index contributed by atoms with van der Waals surface area (Å²) in [7, 11) is 0. The summed E-state index contributed by atoms with van der Waals surface area (Å²) in [6, 6.07) is 4.51. The highest BCUT2D eigenvalue weighted by Gasteiger charge is 2.25. The van der Waals surface area contributed by atoms with E-state index in [0.717, 1.165) is 31.6 Å². The monoisotopic (exact) mass is 414 g/mol. The standard InChI is InChI=1S/C23H31FN4O2/c1-13(2)30-22-9-17(19(25)10-18(22)24)23(26)21-11-20(27-12-28-21)15(4)16-6-5-7-29-14(3)8-16/h9-16,26H,5-8,25H2,1-4H3. The summed E-state index contributed by atoms with van der Waals surface area (Å²) in [5.41, 5.74) is 8.05. The van der Waals surface area contributed by atoms with Gasteiger partial charge in [0.2, 0.25) is 0 Å². The quantitative estimate of drug-likeness (QED) is 0.527. The van der Waals surface area contributed by atoms with Gasteiger partial charge in [-0.3, -0.25) is 5.41 Å². The predicted molar refractivity (Wildman–Crippen MR) is 116 cm³/mol. The number of nitrogens with two attached hydrogens (primary N) is 1. The van der Waals surface area contributed by atoms with Gasteiger partial charge in [-0.05, 0) is 58.1 Å². The molecule has 1 aromatic carbocycles. The molecule has 1 aromatic heterocycles. The van der Waals surface area contributed by atoms with Crippen molar-refractivity contribution in [3.8, 4) is 5.75 Å². The highest BCUT2D eigenvalue weighted by Crippen LogP contribution is 2.33. The Balaban J connectivity index is 1.87. The molecule has 1 fully saturated rings. The highest BCUT2D eigenvalue weighted by atomic mass is 19.1. The topological polar surface area (TPSA) is 94.1 Å². The third kappa shape index (κ3) is 5.14. The Morgan fingerprint density at radius 3 is 2.77 bits per heavy atom. The molecule has 0 saturated carbocycles. The third-order valence-corrected chi connectivity index (χ3v) is 5.61. The van der Waals surface area contributed by atoms with Crippen LogP contribution in [0, 0.1) is 17.1 Å². The van der Waals surface area contributed by atoms with Gasteiger partial charge in [0.05, 0.1) is 23.6 Å². The number of hydrogen-bond donors (Lipinski definition) is 2.